The maximum Gasteiger partial charge on any atom is 0.183 e. The minimum atomic E-state index is -0.533. The Morgan fingerprint density at radius 1 is 1.41 bits per heavy atom. The number of halogens is 1. The Morgan fingerprint density at radius 3 is 2.65 bits per heavy atom. The van der Waals surface area contributed by atoms with Crippen LogP contribution in [-0.4, -0.2) is 13.2 Å². The molecule has 2 rings (SSSR count). The molecule has 1 aromatic carbocycles. The van der Waals surface area contributed by atoms with Crippen molar-refractivity contribution < 1.29 is 13.9 Å². The van der Waals surface area contributed by atoms with Crippen LogP contribution in [0.4, 0.5) is 4.39 Å². The first-order valence-corrected chi connectivity index (χ1v) is 5.67. The van der Waals surface area contributed by atoms with Gasteiger partial charge in [-0.05, 0) is 18.6 Å². The highest BCUT2D eigenvalue weighted by Crippen LogP contribution is 2.27. The van der Waals surface area contributed by atoms with Crippen molar-refractivity contribution in [1.29, 1.82) is 5.26 Å². The van der Waals surface area contributed by atoms with E-state index in [1.807, 2.05) is 0 Å². The van der Waals surface area contributed by atoms with E-state index in [-0.39, 0.29) is 5.56 Å². The van der Waals surface area contributed by atoms with Crippen molar-refractivity contribution in [3.63, 3.8) is 0 Å². The van der Waals surface area contributed by atoms with Crippen LogP contribution in [0.15, 0.2) is 18.2 Å². The summed E-state index contributed by atoms with van der Waals surface area (Å²) in [5, 5.41) is 8.63. The highest BCUT2D eigenvalue weighted by atomic mass is 19.1. The molecule has 3 nitrogen and oxygen atoms in total. The highest BCUT2D eigenvalue weighted by Gasteiger charge is 2.23. The maximum absolute atomic E-state index is 13.4. The molecule has 0 N–H and O–H groups in total. The molecule has 0 unspecified atom stereocenters. The average molecular weight is 235 g/mol. The molecule has 0 aromatic heterocycles. The molecule has 0 aliphatic carbocycles. The standard InChI is InChI=1S/C13H14FNO2/c1-2-9-7-16-13(17-8-9)10-3-4-11(6-15)12(14)5-10/h3-5,9,13H,2,7-8H2,1H3. The van der Waals surface area contributed by atoms with Gasteiger partial charge in [-0.3, -0.25) is 0 Å². The van der Waals surface area contributed by atoms with Gasteiger partial charge in [0, 0.05) is 11.5 Å². The fraction of sp³-hybridized carbons (Fsp3) is 0.462. The lowest BCUT2D eigenvalue weighted by Crippen LogP contribution is -2.26. The van der Waals surface area contributed by atoms with Gasteiger partial charge in [-0.15, -0.1) is 0 Å². The molecule has 0 amide bonds. The third-order valence-corrected chi connectivity index (χ3v) is 2.93. The maximum atomic E-state index is 13.4. The number of rotatable bonds is 2. The van der Waals surface area contributed by atoms with E-state index in [4.69, 9.17) is 14.7 Å². The molecule has 1 aliphatic rings. The van der Waals surface area contributed by atoms with Crippen LogP contribution in [0.5, 0.6) is 0 Å². The topological polar surface area (TPSA) is 42.2 Å². The largest absolute Gasteiger partial charge is 0.348 e. The molecule has 0 radical (unpaired) electrons. The van der Waals surface area contributed by atoms with E-state index >= 15 is 0 Å². The summed E-state index contributed by atoms with van der Waals surface area (Å²) in [4.78, 5) is 0. The minimum Gasteiger partial charge on any atom is -0.348 e. The number of benzene rings is 1. The number of nitriles is 1. The number of nitrogens with zero attached hydrogens (tertiary/aromatic N) is 1. The third-order valence-electron chi connectivity index (χ3n) is 2.93. The first-order valence-electron chi connectivity index (χ1n) is 5.67. The zero-order valence-electron chi connectivity index (χ0n) is 9.65. The predicted octanol–water partition coefficient (Wildman–Crippen LogP) is 2.77. The van der Waals surface area contributed by atoms with Gasteiger partial charge < -0.3 is 9.47 Å². The summed E-state index contributed by atoms with van der Waals surface area (Å²) in [6.45, 7) is 3.34. The molecular formula is C13H14FNO2. The summed E-state index contributed by atoms with van der Waals surface area (Å²) in [7, 11) is 0. The highest BCUT2D eigenvalue weighted by molar-refractivity contribution is 5.33. The van der Waals surface area contributed by atoms with Gasteiger partial charge >= 0.3 is 0 Å². The van der Waals surface area contributed by atoms with Crippen LogP contribution in [-0.2, 0) is 9.47 Å². The Hall–Kier alpha value is -1.44. The molecule has 17 heavy (non-hydrogen) atoms. The van der Waals surface area contributed by atoms with Crippen molar-refractivity contribution in [2.75, 3.05) is 13.2 Å². The van der Waals surface area contributed by atoms with Crippen LogP contribution >= 0.6 is 0 Å². The van der Waals surface area contributed by atoms with Crippen LogP contribution in [0.1, 0.15) is 30.8 Å². The van der Waals surface area contributed by atoms with Crippen molar-refractivity contribution in [2.45, 2.75) is 19.6 Å². The van der Waals surface area contributed by atoms with Crippen LogP contribution in [0.2, 0.25) is 0 Å². The molecule has 0 saturated carbocycles. The number of ether oxygens (including phenoxy) is 2. The van der Waals surface area contributed by atoms with Gasteiger partial charge in [0.2, 0.25) is 0 Å². The van der Waals surface area contributed by atoms with Crippen LogP contribution in [0, 0.1) is 23.1 Å². The van der Waals surface area contributed by atoms with Crippen LogP contribution in [0.25, 0.3) is 0 Å². The molecule has 1 fully saturated rings. The molecular weight excluding hydrogens is 221 g/mol. The van der Waals surface area contributed by atoms with Crippen molar-refractivity contribution in [3.8, 4) is 6.07 Å². The van der Waals surface area contributed by atoms with Gasteiger partial charge in [0.25, 0.3) is 0 Å². The summed E-state index contributed by atoms with van der Waals surface area (Å²) < 4.78 is 24.5. The molecule has 0 bridgehead atoms. The second kappa shape index (κ2) is 5.26. The molecule has 0 atom stereocenters. The minimum absolute atomic E-state index is 0.0380. The molecule has 0 spiro atoms. The van der Waals surface area contributed by atoms with E-state index in [2.05, 4.69) is 6.92 Å². The summed E-state index contributed by atoms with van der Waals surface area (Å²) >= 11 is 0. The molecule has 1 heterocycles. The number of hydrogen-bond acceptors (Lipinski definition) is 3. The summed E-state index contributed by atoms with van der Waals surface area (Å²) in [6.07, 6.45) is 0.495. The molecule has 1 aromatic rings. The van der Waals surface area contributed by atoms with Crippen molar-refractivity contribution >= 4 is 0 Å². The lowest BCUT2D eigenvalue weighted by atomic mass is 10.1. The zero-order valence-corrected chi connectivity index (χ0v) is 9.65. The Labute approximate surface area is 99.8 Å². The van der Waals surface area contributed by atoms with Gasteiger partial charge in [0.05, 0.1) is 18.8 Å². The summed E-state index contributed by atoms with van der Waals surface area (Å²) in [6, 6.07) is 6.20. The Kier molecular flexibility index (Phi) is 3.72. The molecule has 90 valence electrons. The van der Waals surface area contributed by atoms with Crippen molar-refractivity contribution in [1.82, 2.24) is 0 Å². The van der Waals surface area contributed by atoms with Gasteiger partial charge in [-0.2, -0.15) is 5.26 Å². The van der Waals surface area contributed by atoms with E-state index in [0.717, 1.165) is 6.42 Å². The summed E-state index contributed by atoms with van der Waals surface area (Å²) in [5.74, 6) is -0.121. The Bertz CT molecular complexity index is 434. The lowest BCUT2D eigenvalue weighted by Gasteiger charge is -2.29. The van der Waals surface area contributed by atoms with Gasteiger partial charge in [0.1, 0.15) is 11.9 Å². The van der Waals surface area contributed by atoms with Crippen LogP contribution < -0.4 is 0 Å². The smallest absolute Gasteiger partial charge is 0.183 e. The van der Waals surface area contributed by atoms with Gasteiger partial charge in [0.15, 0.2) is 6.29 Å². The Balaban J connectivity index is 2.09. The zero-order chi connectivity index (χ0) is 12.3. The third kappa shape index (κ3) is 2.63. The quantitative estimate of drug-likeness (QED) is 0.791. The van der Waals surface area contributed by atoms with Crippen molar-refractivity contribution in [2.24, 2.45) is 5.92 Å². The van der Waals surface area contributed by atoms with E-state index in [0.29, 0.717) is 24.7 Å². The fourth-order valence-electron chi connectivity index (χ4n) is 1.74. The van der Waals surface area contributed by atoms with Crippen molar-refractivity contribution in [3.05, 3.63) is 35.1 Å². The van der Waals surface area contributed by atoms with Gasteiger partial charge in [-0.25, -0.2) is 4.39 Å². The fourth-order valence-corrected chi connectivity index (χ4v) is 1.74. The molecule has 4 heteroatoms. The van der Waals surface area contributed by atoms with E-state index in [1.165, 1.54) is 12.1 Å². The SMILES string of the molecule is CCC1COC(c2ccc(C#N)c(F)c2)OC1. The summed E-state index contributed by atoms with van der Waals surface area (Å²) in [5.41, 5.74) is 0.659. The second-order valence-corrected chi connectivity index (χ2v) is 4.12. The predicted molar refractivity (Wildman–Crippen MR) is 59.5 cm³/mol. The molecule has 1 saturated heterocycles. The number of hydrogen-bond donors (Lipinski definition) is 0. The van der Waals surface area contributed by atoms with E-state index < -0.39 is 12.1 Å². The average Bonchev–Trinajstić information content (AvgIpc) is 2.39. The van der Waals surface area contributed by atoms with Gasteiger partial charge in [-0.1, -0.05) is 13.0 Å². The van der Waals surface area contributed by atoms with Crippen LogP contribution in [0.3, 0.4) is 0 Å². The first kappa shape index (κ1) is 12.0. The van der Waals surface area contributed by atoms with E-state index in [9.17, 15) is 4.39 Å². The normalized spacial score (nSPS) is 24.3. The second-order valence-electron chi connectivity index (χ2n) is 4.12. The first-order chi connectivity index (χ1) is 8.24. The lowest BCUT2D eigenvalue weighted by molar-refractivity contribution is -0.205. The molecule has 1 aliphatic heterocycles. The van der Waals surface area contributed by atoms with E-state index in [1.54, 1.807) is 12.1 Å². The monoisotopic (exact) mass is 235 g/mol. The Morgan fingerprint density at radius 2 is 2.12 bits per heavy atom.